The van der Waals surface area contributed by atoms with Gasteiger partial charge in [0.1, 0.15) is 10.1 Å². The van der Waals surface area contributed by atoms with Gasteiger partial charge in [0.05, 0.1) is 10.7 Å². The molecule has 16 heavy (non-hydrogen) atoms. The minimum absolute atomic E-state index is 0.533. The first-order chi connectivity index (χ1) is 7.65. The van der Waals surface area contributed by atoms with Gasteiger partial charge in [-0.3, -0.25) is 0 Å². The molecule has 82 valence electrons. The zero-order valence-electron chi connectivity index (χ0n) is 8.02. The lowest BCUT2D eigenvalue weighted by atomic mass is 10.4. The van der Waals surface area contributed by atoms with E-state index >= 15 is 0 Å². The van der Waals surface area contributed by atoms with Gasteiger partial charge >= 0.3 is 0 Å². The number of nitrogens with two attached hydrogens (primary N) is 1. The Bertz CT molecular complexity index is 504. The Morgan fingerprint density at radius 2 is 2.06 bits per heavy atom. The average Bonchev–Trinajstić information content (AvgIpc) is 2.25. The molecule has 0 aliphatic carbocycles. The summed E-state index contributed by atoms with van der Waals surface area (Å²) in [4.78, 5) is 8.37. The number of hydrogen-bond donors (Lipinski definition) is 1. The summed E-state index contributed by atoms with van der Waals surface area (Å²) in [5.74, 6) is 0. The van der Waals surface area contributed by atoms with Crippen molar-refractivity contribution < 1.29 is 0 Å². The molecule has 0 fully saturated rings. The van der Waals surface area contributed by atoms with Crippen LogP contribution in [0.25, 0.3) is 0 Å². The second-order valence-electron chi connectivity index (χ2n) is 2.96. The van der Waals surface area contributed by atoms with Gasteiger partial charge in [-0.15, -0.1) is 0 Å². The third kappa shape index (κ3) is 2.87. The SMILES string of the molecule is Nc1cc(Cl)cnc1Sc1ccc(Br)cn1. The number of hydrogen-bond acceptors (Lipinski definition) is 4. The van der Waals surface area contributed by atoms with Gasteiger partial charge in [0.25, 0.3) is 0 Å². The molecule has 0 spiro atoms. The Morgan fingerprint density at radius 3 is 2.69 bits per heavy atom. The molecule has 0 saturated heterocycles. The van der Waals surface area contributed by atoms with Crippen LogP contribution in [0.1, 0.15) is 0 Å². The number of pyridine rings is 2. The first-order valence-corrected chi connectivity index (χ1v) is 6.34. The van der Waals surface area contributed by atoms with Crippen molar-refractivity contribution in [3.05, 3.63) is 40.1 Å². The van der Waals surface area contributed by atoms with E-state index in [9.17, 15) is 0 Å². The predicted molar refractivity (Wildman–Crippen MR) is 69.7 cm³/mol. The Labute approximate surface area is 111 Å². The van der Waals surface area contributed by atoms with E-state index in [0.717, 1.165) is 9.50 Å². The maximum absolute atomic E-state index is 5.79. The minimum Gasteiger partial charge on any atom is -0.396 e. The van der Waals surface area contributed by atoms with Crippen LogP contribution in [-0.2, 0) is 0 Å². The summed E-state index contributed by atoms with van der Waals surface area (Å²) >= 11 is 10.5. The number of halogens is 2. The van der Waals surface area contributed by atoms with E-state index < -0.39 is 0 Å². The fraction of sp³-hybridized carbons (Fsp3) is 0. The van der Waals surface area contributed by atoms with Crippen LogP contribution < -0.4 is 5.73 Å². The van der Waals surface area contributed by atoms with Crippen LogP contribution in [-0.4, -0.2) is 9.97 Å². The third-order valence-corrected chi connectivity index (χ3v) is 3.41. The number of rotatable bonds is 2. The standard InChI is InChI=1S/C10H7BrClN3S/c11-6-1-2-9(14-4-6)16-10-8(13)3-7(12)5-15-10/h1-5H,13H2. The highest BCUT2D eigenvalue weighted by Crippen LogP contribution is 2.30. The van der Waals surface area contributed by atoms with E-state index in [4.69, 9.17) is 17.3 Å². The molecule has 2 rings (SSSR count). The van der Waals surface area contributed by atoms with Crippen LogP contribution >= 0.6 is 39.3 Å². The highest BCUT2D eigenvalue weighted by atomic mass is 79.9. The minimum atomic E-state index is 0.533. The van der Waals surface area contributed by atoms with Crippen molar-refractivity contribution in [3.63, 3.8) is 0 Å². The van der Waals surface area contributed by atoms with Gasteiger partial charge in [0.2, 0.25) is 0 Å². The number of nitrogens with zero attached hydrogens (tertiary/aromatic N) is 2. The molecule has 2 aromatic heterocycles. The molecule has 6 heteroatoms. The highest BCUT2D eigenvalue weighted by Gasteiger charge is 2.05. The van der Waals surface area contributed by atoms with E-state index in [1.54, 1.807) is 18.5 Å². The monoisotopic (exact) mass is 315 g/mol. The summed E-state index contributed by atoms with van der Waals surface area (Å²) in [7, 11) is 0. The van der Waals surface area contributed by atoms with Gasteiger partial charge in [-0.05, 0) is 45.9 Å². The van der Waals surface area contributed by atoms with Crippen LogP contribution in [0, 0.1) is 0 Å². The summed E-state index contributed by atoms with van der Waals surface area (Å²) in [5.41, 5.74) is 6.35. The molecular formula is C10H7BrClN3S. The molecule has 0 saturated carbocycles. The topological polar surface area (TPSA) is 51.8 Å². The van der Waals surface area contributed by atoms with Crippen molar-refractivity contribution in [2.75, 3.05) is 5.73 Å². The molecule has 0 amide bonds. The van der Waals surface area contributed by atoms with E-state index in [1.807, 2.05) is 12.1 Å². The Morgan fingerprint density at radius 1 is 1.25 bits per heavy atom. The van der Waals surface area contributed by atoms with Crippen LogP contribution in [0.15, 0.2) is 45.1 Å². The molecule has 2 heterocycles. The molecule has 2 N–H and O–H groups in total. The molecule has 0 aromatic carbocycles. The summed E-state index contributed by atoms with van der Waals surface area (Å²) in [6.45, 7) is 0. The van der Waals surface area contributed by atoms with Crippen molar-refractivity contribution in [2.45, 2.75) is 10.1 Å². The van der Waals surface area contributed by atoms with Gasteiger partial charge in [0.15, 0.2) is 0 Å². The number of nitrogen functional groups attached to an aromatic ring is 1. The average molecular weight is 317 g/mol. The summed E-state index contributed by atoms with van der Waals surface area (Å²) < 4.78 is 0.939. The molecule has 0 unspecified atom stereocenters. The van der Waals surface area contributed by atoms with Crippen LogP contribution in [0.2, 0.25) is 5.02 Å². The lowest BCUT2D eigenvalue weighted by molar-refractivity contribution is 1.09. The largest absolute Gasteiger partial charge is 0.396 e. The predicted octanol–water partition coefficient (Wildman–Crippen LogP) is 3.63. The summed E-state index contributed by atoms with van der Waals surface area (Å²) in [5, 5.41) is 2.08. The van der Waals surface area contributed by atoms with E-state index in [1.165, 1.54) is 11.8 Å². The second kappa shape index (κ2) is 5.03. The van der Waals surface area contributed by atoms with Crippen molar-refractivity contribution in [2.24, 2.45) is 0 Å². The van der Waals surface area contributed by atoms with E-state index in [2.05, 4.69) is 25.9 Å². The van der Waals surface area contributed by atoms with Gasteiger partial charge in [-0.2, -0.15) is 0 Å². The molecule has 3 nitrogen and oxygen atoms in total. The number of aromatic nitrogens is 2. The quantitative estimate of drug-likeness (QED) is 0.919. The van der Waals surface area contributed by atoms with E-state index in [-0.39, 0.29) is 0 Å². The first kappa shape index (κ1) is 11.7. The van der Waals surface area contributed by atoms with Gasteiger partial charge in [-0.25, -0.2) is 9.97 Å². The lowest BCUT2D eigenvalue weighted by Crippen LogP contribution is -1.92. The maximum atomic E-state index is 5.79. The molecule has 0 radical (unpaired) electrons. The van der Waals surface area contributed by atoms with Crippen LogP contribution in [0.4, 0.5) is 5.69 Å². The fourth-order valence-electron chi connectivity index (χ4n) is 1.05. The Balaban J connectivity index is 2.23. The number of anilines is 1. The Kier molecular flexibility index (Phi) is 3.68. The lowest BCUT2D eigenvalue weighted by Gasteiger charge is -2.03. The van der Waals surface area contributed by atoms with Gasteiger partial charge < -0.3 is 5.73 Å². The normalized spacial score (nSPS) is 10.4. The van der Waals surface area contributed by atoms with Crippen molar-refractivity contribution in [1.82, 2.24) is 9.97 Å². The van der Waals surface area contributed by atoms with Crippen molar-refractivity contribution >= 4 is 45.0 Å². The molecule has 0 atom stereocenters. The summed E-state index contributed by atoms with van der Waals surface area (Å²) in [6, 6.07) is 5.49. The third-order valence-electron chi connectivity index (χ3n) is 1.75. The van der Waals surface area contributed by atoms with Gasteiger partial charge in [0, 0.05) is 16.9 Å². The molecule has 0 aliphatic heterocycles. The highest BCUT2D eigenvalue weighted by molar-refractivity contribution is 9.10. The molecule has 0 aliphatic rings. The molecular weight excluding hydrogens is 310 g/mol. The Hall–Kier alpha value is -0.780. The maximum Gasteiger partial charge on any atom is 0.125 e. The smallest absolute Gasteiger partial charge is 0.125 e. The van der Waals surface area contributed by atoms with Gasteiger partial charge in [-0.1, -0.05) is 11.6 Å². The van der Waals surface area contributed by atoms with E-state index in [0.29, 0.717) is 15.7 Å². The van der Waals surface area contributed by atoms with Crippen molar-refractivity contribution in [1.29, 1.82) is 0 Å². The summed E-state index contributed by atoms with van der Waals surface area (Å²) in [6.07, 6.45) is 3.30. The second-order valence-corrected chi connectivity index (χ2v) is 5.33. The van der Waals surface area contributed by atoms with Crippen molar-refractivity contribution in [3.8, 4) is 0 Å². The first-order valence-electron chi connectivity index (χ1n) is 4.35. The zero-order chi connectivity index (χ0) is 11.5. The zero-order valence-corrected chi connectivity index (χ0v) is 11.2. The van der Waals surface area contributed by atoms with Crippen LogP contribution in [0.3, 0.4) is 0 Å². The fourth-order valence-corrected chi connectivity index (χ4v) is 2.17. The van der Waals surface area contributed by atoms with Crippen LogP contribution in [0.5, 0.6) is 0 Å². The molecule has 0 bridgehead atoms. The molecule has 2 aromatic rings.